The second-order valence-electron chi connectivity index (χ2n) is 4.38. The van der Waals surface area contributed by atoms with Crippen LogP contribution in [0.15, 0.2) is 18.3 Å². The Morgan fingerprint density at radius 2 is 2.11 bits per heavy atom. The molecule has 0 aliphatic rings. The van der Waals surface area contributed by atoms with Crippen molar-refractivity contribution >= 4 is 0 Å². The molecule has 5 heteroatoms. The highest BCUT2D eigenvalue weighted by molar-refractivity contribution is 5.32. The molecule has 0 fully saturated rings. The lowest BCUT2D eigenvalue weighted by atomic mass is 10.2. The number of aryl methyl sites for hydroxylation is 2. The molecule has 0 amide bonds. The molecular formula is C14H19FN4. The number of pyridine rings is 1. The first kappa shape index (κ1) is 13.7. The highest BCUT2D eigenvalue weighted by atomic mass is 19.1. The summed E-state index contributed by atoms with van der Waals surface area (Å²) in [6, 6.07) is 3.69. The standard InChI is InChI=1S/C14H19FN4/c1-4-11-8-12(5-2)19(18-11)14-13(15)10(9-16-3)6-7-17-14/h6-8,16H,4-5,9H2,1-3H3. The molecule has 0 aromatic carbocycles. The van der Waals surface area contributed by atoms with E-state index in [-0.39, 0.29) is 11.6 Å². The molecular weight excluding hydrogens is 243 g/mol. The van der Waals surface area contributed by atoms with Crippen molar-refractivity contribution in [2.75, 3.05) is 7.05 Å². The van der Waals surface area contributed by atoms with Gasteiger partial charge in [0.25, 0.3) is 0 Å². The van der Waals surface area contributed by atoms with Crippen LogP contribution in [-0.2, 0) is 19.4 Å². The van der Waals surface area contributed by atoms with Crippen LogP contribution >= 0.6 is 0 Å². The zero-order valence-corrected chi connectivity index (χ0v) is 11.6. The average Bonchev–Trinajstić information content (AvgIpc) is 2.84. The summed E-state index contributed by atoms with van der Waals surface area (Å²) < 4.78 is 16.0. The largest absolute Gasteiger partial charge is 0.316 e. The van der Waals surface area contributed by atoms with E-state index in [1.54, 1.807) is 24.0 Å². The number of hydrogen-bond donors (Lipinski definition) is 1. The first-order valence-electron chi connectivity index (χ1n) is 6.57. The molecule has 4 nitrogen and oxygen atoms in total. The van der Waals surface area contributed by atoms with Crippen LogP contribution in [0.1, 0.15) is 30.8 Å². The molecule has 2 heterocycles. The van der Waals surface area contributed by atoms with Gasteiger partial charge in [-0.2, -0.15) is 5.10 Å². The summed E-state index contributed by atoms with van der Waals surface area (Å²) in [7, 11) is 1.79. The van der Waals surface area contributed by atoms with Gasteiger partial charge in [0.1, 0.15) is 0 Å². The van der Waals surface area contributed by atoms with E-state index >= 15 is 0 Å². The molecule has 0 saturated carbocycles. The molecule has 0 saturated heterocycles. The van der Waals surface area contributed by atoms with Crippen LogP contribution in [-0.4, -0.2) is 21.8 Å². The van der Waals surface area contributed by atoms with Crippen molar-refractivity contribution in [2.24, 2.45) is 0 Å². The third-order valence-corrected chi connectivity index (χ3v) is 3.08. The molecule has 2 aromatic rings. The Kier molecular flexibility index (Phi) is 4.27. The first-order valence-corrected chi connectivity index (χ1v) is 6.57. The normalized spacial score (nSPS) is 10.9. The predicted octanol–water partition coefficient (Wildman–Crippen LogP) is 2.25. The van der Waals surface area contributed by atoms with Crippen molar-refractivity contribution in [3.05, 3.63) is 41.1 Å². The number of aromatic nitrogens is 3. The molecule has 0 atom stereocenters. The Morgan fingerprint density at radius 3 is 2.74 bits per heavy atom. The number of nitrogens with zero attached hydrogens (tertiary/aromatic N) is 3. The Hall–Kier alpha value is -1.75. The number of nitrogens with one attached hydrogen (secondary N) is 1. The van der Waals surface area contributed by atoms with Gasteiger partial charge in [-0.1, -0.05) is 13.8 Å². The van der Waals surface area contributed by atoms with Gasteiger partial charge in [0, 0.05) is 24.0 Å². The molecule has 102 valence electrons. The fourth-order valence-corrected chi connectivity index (χ4v) is 2.03. The zero-order chi connectivity index (χ0) is 13.8. The number of hydrogen-bond acceptors (Lipinski definition) is 3. The molecule has 2 aromatic heterocycles. The topological polar surface area (TPSA) is 42.7 Å². The minimum absolute atomic E-state index is 0.282. The van der Waals surface area contributed by atoms with Crippen molar-refractivity contribution in [1.29, 1.82) is 0 Å². The summed E-state index contributed by atoms with van der Waals surface area (Å²) in [6.07, 6.45) is 3.25. The summed E-state index contributed by atoms with van der Waals surface area (Å²) in [5.74, 6) is -0.0263. The van der Waals surface area contributed by atoms with E-state index in [0.717, 1.165) is 24.2 Å². The van der Waals surface area contributed by atoms with E-state index in [4.69, 9.17) is 0 Å². The lowest BCUT2D eigenvalue weighted by Gasteiger charge is -2.09. The lowest BCUT2D eigenvalue weighted by Crippen LogP contribution is -2.12. The Morgan fingerprint density at radius 1 is 1.32 bits per heavy atom. The molecule has 0 unspecified atom stereocenters. The maximum atomic E-state index is 14.4. The van der Waals surface area contributed by atoms with E-state index in [9.17, 15) is 4.39 Å². The van der Waals surface area contributed by atoms with Crippen molar-refractivity contribution in [3.8, 4) is 5.82 Å². The molecule has 0 spiro atoms. The third-order valence-electron chi connectivity index (χ3n) is 3.08. The second-order valence-corrected chi connectivity index (χ2v) is 4.38. The monoisotopic (exact) mass is 262 g/mol. The van der Waals surface area contributed by atoms with Crippen LogP contribution in [0.25, 0.3) is 5.82 Å². The second kappa shape index (κ2) is 5.93. The summed E-state index contributed by atoms with van der Waals surface area (Å²) in [5, 5.41) is 7.38. The van der Waals surface area contributed by atoms with Crippen LogP contribution < -0.4 is 5.32 Å². The predicted molar refractivity (Wildman–Crippen MR) is 72.8 cm³/mol. The fraction of sp³-hybridized carbons (Fsp3) is 0.429. The Bertz CT molecular complexity index is 563. The highest BCUT2D eigenvalue weighted by Gasteiger charge is 2.15. The maximum Gasteiger partial charge on any atom is 0.190 e. The van der Waals surface area contributed by atoms with Gasteiger partial charge in [-0.3, -0.25) is 0 Å². The Balaban J connectivity index is 2.52. The highest BCUT2D eigenvalue weighted by Crippen LogP contribution is 2.17. The van der Waals surface area contributed by atoms with Gasteiger partial charge in [0.05, 0.1) is 5.69 Å². The lowest BCUT2D eigenvalue weighted by molar-refractivity contribution is 0.572. The van der Waals surface area contributed by atoms with Crippen LogP contribution in [0.4, 0.5) is 4.39 Å². The number of rotatable bonds is 5. The van der Waals surface area contributed by atoms with Crippen LogP contribution in [0, 0.1) is 5.82 Å². The van der Waals surface area contributed by atoms with Crippen molar-refractivity contribution in [1.82, 2.24) is 20.1 Å². The minimum Gasteiger partial charge on any atom is -0.316 e. The van der Waals surface area contributed by atoms with Gasteiger partial charge < -0.3 is 5.32 Å². The summed E-state index contributed by atoms with van der Waals surface area (Å²) in [5.41, 5.74) is 2.53. The average molecular weight is 262 g/mol. The van der Waals surface area contributed by atoms with Crippen molar-refractivity contribution in [2.45, 2.75) is 33.2 Å². The fourth-order valence-electron chi connectivity index (χ4n) is 2.03. The van der Waals surface area contributed by atoms with Crippen molar-refractivity contribution < 1.29 is 4.39 Å². The van der Waals surface area contributed by atoms with Crippen molar-refractivity contribution in [3.63, 3.8) is 0 Å². The number of halogens is 1. The molecule has 0 aliphatic heterocycles. The van der Waals surface area contributed by atoms with Gasteiger partial charge in [-0.25, -0.2) is 14.1 Å². The third kappa shape index (κ3) is 2.66. The van der Waals surface area contributed by atoms with Gasteiger partial charge in [0.2, 0.25) is 0 Å². The zero-order valence-electron chi connectivity index (χ0n) is 11.6. The molecule has 0 aliphatic carbocycles. The smallest absolute Gasteiger partial charge is 0.190 e. The van der Waals surface area contributed by atoms with E-state index in [0.29, 0.717) is 12.1 Å². The molecule has 19 heavy (non-hydrogen) atoms. The Labute approximate surface area is 112 Å². The summed E-state index contributed by atoms with van der Waals surface area (Å²) in [4.78, 5) is 4.15. The molecule has 0 bridgehead atoms. The first-order chi connectivity index (χ1) is 9.21. The minimum atomic E-state index is -0.308. The molecule has 2 rings (SSSR count). The van der Waals surface area contributed by atoms with Crippen LogP contribution in [0.3, 0.4) is 0 Å². The van der Waals surface area contributed by atoms with E-state index in [1.807, 2.05) is 19.9 Å². The van der Waals surface area contributed by atoms with Crippen LogP contribution in [0.2, 0.25) is 0 Å². The molecule has 1 N–H and O–H groups in total. The van der Waals surface area contributed by atoms with Gasteiger partial charge in [-0.05, 0) is 32.0 Å². The quantitative estimate of drug-likeness (QED) is 0.898. The summed E-state index contributed by atoms with van der Waals surface area (Å²) in [6.45, 7) is 4.54. The molecule has 0 radical (unpaired) electrons. The van der Waals surface area contributed by atoms with E-state index < -0.39 is 0 Å². The van der Waals surface area contributed by atoms with Gasteiger partial charge in [0.15, 0.2) is 11.6 Å². The maximum absolute atomic E-state index is 14.4. The SMILES string of the molecule is CCc1cc(CC)n(-c2nccc(CNC)c2F)n1. The van der Waals surface area contributed by atoms with Crippen LogP contribution in [0.5, 0.6) is 0 Å². The van der Waals surface area contributed by atoms with Gasteiger partial charge in [-0.15, -0.1) is 0 Å². The summed E-state index contributed by atoms with van der Waals surface area (Å²) >= 11 is 0. The van der Waals surface area contributed by atoms with E-state index in [1.165, 1.54) is 0 Å². The van der Waals surface area contributed by atoms with E-state index in [2.05, 4.69) is 15.4 Å². The van der Waals surface area contributed by atoms with Gasteiger partial charge >= 0.3 is 0 Å².